The Morgan fingerprint density at radius 1 is 1.47 bits per heavy atom. The van der Waals surface area contributed by atoms with E-state index in [0.29, 0.717) is 17.9 Å². The summed E-state index contributed by atoms with van der Waals surface area (Å²) in [5, 5.41) is 0.747. The van der Waals surface area contributed by atoms with E-state index in [0.717, 1.165) is 20.7 Å². The summed E-state index contributed by atoms with van der Waals surface area (Å²) in [6.45, 7) is 4.93. The number of fused-ring (bicyclic) bond motifs is 1. The fraction of sp³-hybridized carbons (Fsp3) is 0.455. The van der Waals surface area contributed by atoms with Gasteiger partial charge in [0, 0.05) is 12.0 Å². The third-order valence-electron chi connectivity index (χ3n) is 2.83. The van der Waals surface area contributed by atoms with E-state index in [4.69, 9.17) is 17.0 Å². The van der Waals surface area contributed by atoms with Crippen LogP contribution < -0.4 is 5.56 Å². The second kappa shape index (κ2) is 4.72. The Kier molecular flexibility index (Phi) is 3.46. The van der Waals surface area contributed by atoms with Crippen LogP contribution in [0.5, 0.6) is 0 Å². The lowest BCUT2D eigenvalue weighted by atomic mass is 10.2. The SMILES string of the molecule is COCCn1c(=S)[nH]c2sc(C)c(C)c2c1=O. The lowest BCUT2D eigenvalue weighted by Gasteiger charge is -2.05. The molecule has 0 saturated heterocycles. The van der Waals surface area contributed by atoms with Crippen molar-refractivity contribution >= 4 is 33.8 Å². The third-order valence-corrected chi connectivity index (χ3v) is 4.27. The van der Waals surface area contributed by atoms with Gasteiger partial charge >= 0.3 is 0 Å². The van der Waals surface area contributed by atoms with Crippen LogP contribution in [-0.2, 0) is 11.3 Å². The van der Waals surface area contributed by atoms with Gasteiger partial charge < -0.3 is 9.72 Å². The topological polar surface area (TPSA) is 47.0 Å². The molecule has 0 spiro atoms. The van der Waals surface area contributed by atoms with E-state index in [-0.39, 0.29) is 5.56 Å². The zero-order valence-corrected chi connectivity index (χ0v) is 11.6. The number of thiophene rings is 1. The quantitative estimate of drug-likeness (QED) is 0.871. The Morgan fingerprint density at radius 3 is 2.82 bits per heavy atom. The van der Waals surface area contributed by atoms with Crippen molar-refractivity contribution in [2.45, 2.75) is 20.4 Å². The van der Waals surface area contributed by atoms with Crippen LogP contribution in [0.3, 0.4) is 0 Å². The largest absolute Gasteiger partial charge is 0.383 e. The molecule has 0 amide bonds. The van der Waals surface area contributed by atoms with E-state index >= 15 is 0 Å². The van der Waals surface area contributed by atoms with Crippen molar-refractivity contribution in [1.29, 1.82) is 0 Å². The number of aromatic amines is 1. The number of H-pyrrole nitrogens is 1. The van der Waals surface area contributed by atoms with Gasteiger partial charge in [-0.3, -0.25) is 9.36 Å². The molecule has 0 radical (unpaired) electrons. The number of nitrogens with one attached hydrogen (secondary N) is 1. The van der Waals surface area contributed by atoms with E-state index < -0.39 is 0 Å². The number of nitrogens with zero attached hydrogens (tertiary/aromatic N) is 1. The zero-order valence-electron chi connectivity index (χ0n) is 9.99. The molecule has 17 heavy (non-hydrogen) atoms. The summed E-state index contributed by atoms with van der Waals surface area (Å²) in [5.41, 5.74) is 1.01. The lowest BCUT2D eigenvalue weighted by molar-refractivity contribution is 0.185. The second-order valence-electron chi connectivity index (χ2n) is 3.87. The van der Waals surface area contributed by atoms with Crippen molar-refractivity contribution in [2.75, 3.05) is 13.7 Å². The number of rotatable bonds is 3. The molecule has 2 aromatic rings. The molecule has 0 aliphatic heterocycles. The predicted octanol–water partition coefficient (Wildman–Crippen LogP) is 2.38. The van der Waals surface area contributed by atoms with E-state index in [1.54, 1.807) is 23.0 Å². The molecule has 4 nitrogen and oxygen atoms in total. The van der Waals surface area contributed by atoms with Crippen LogP contribution in [0.15, 0.2) is 4.79 Å². The molecule has 1 N–H and O–H groups in total. The van der Waals surface area contributed by atoms with Gasteiger partial charge in [-0.2, -0.15) is 0 Å². The fourth-order valence-corrected chi connectivity index (χ4v) is 3.14. The van der Waals surface area contributed by atoms with E-state index in [1.165, 1.54) is 0 Å². The summed E-state index contributed by atoms with van der Waals surface area (Å²) < 4.78 is 7.00. The number of aromatic nitrogens is 2. The molecule has 2 rings (SSSR count). The van der Waals surface area contributed by atoms with Crippen LogP contribution in [0.4, 0.5) is 0 Å². The first-order valence-corrected chi connectivity index (χ1v) is 6.50. The summed E-state index contributed by atoms with van der Waals surface area (Å²) >= 11 is 6.76. The van der Waals surface area contributed by atoms with Crippen molar-refractivity contribution < 1.29 is 4.74 Å². The maximum Gasteiger partial charge on any atom is 0.263 e. The van der Waals surface area contributed by atoms with Crippen molar-refractivity contribution in [3.63, 3.8) is 0 Å². The molecule has 6 heteroatoms. The Hall–Kier alpha value is -0.980. The highest BCUT2D eigenvalue weighted by Crippen LogP contribution is 2.25. The van der Waals surface area contributed by atoms with Gasteiger partial charge in [-0.05, 0) is 31.6 Å². The van der Waals surface area contributed by atoms with E-state index in [2.05, 4.69) is 4.98 Å². The molecule has 2 heterocycles. The summed E-state index contributed by atoms with van der Waals surface area (Å²) in [4.78, 5) is 17.4. The number of hydrogen-bond donors (Lipinski definition) is 1. The predicted molar refractivity (Wildman–Crippen MR) is 72.6 cm³/mol. The molecule has 0 aromatic carbocycles. The van der Waals surface area contributed by atoms with Gasteiger partial charge in [0.1, 0.15) is 4.83 Å². The molecule has 2 aromatic heterocycles. The van der Waals surface area contributed by atoms with Gasteiger partial charge in [-0.15, -0.1) is 11.3 Å². The van der Waals surface area contributed by atoms with Crippen LogP contribution in [0.1, 0.15) is 10.4 Å². The number of ether oxygens (including phenoxy) is 1. The first kappa shape index (κ1) is 12.5. The highest BCUT2D eigenvalue weighted by Gasteiger charge is 2.12. The van der Waals surface area contributed by atoms with Crippen LogP contribution in [0, 0.1) is 18.6 Å². The molecular weight excluding hydrogens is 256 g/mol. The average Bonchev–Trinajstić information content (AvgIpc) is 2.54. The molecule has 0 saturated carbocycles. The van der Waals surface area contributed by atoms with Crippen LogP contribution in [0.2, 0.25) is 0 Å². The standard InChI is InChI=1S/C11H14N2O2S2/c1-6-7(2)17-9-8(6)10(14)13(4-5-15-3)11(16)12-9/h4-5H2,1-3H3,(H,12,16). The Morgan fingerprint density at radius 2 is 2.18 bits per heavy atom. The van der Waals surface area contributed by atoms with Crippen LogP contribution >= 0.6 is 23.6 Å². The molecule has 92 valence electrons. The Bertz CT molecular complexity index is 666. The summed E-state index contributed by atoms with van der Waals surface area (Å²) in [6.07, 6.45) is 0. The summed E-state index contributed by atoms with van der Waals surface area (Å²) in [6, 6.07) is 0. The maximum absolute atomic E-state index is 12.3. The normalized spacial score (nSPS) is 11.2. The van der Waals surface area contributed by atoms with Crippen molar-refractivity contribution in [3.8, 4) is 0 Å². The minimum absolute atomic E-state index is 0.0253. The minimum atomic E-state index is -0.0253. The Balaban J connectivity index is 2.74. The average molecular weight is 270 g/mol. The summed E-state index contributed by atoms with van der Waals surface area (Å²) in [7, 11) is 1.61. The highest BCUT2D eigenvalue weighted by atomic mass is 32.1. The monoisotopic (exact) mass is 270 g/mol. The molecule has 0 aliphatic rings. The number of hydrogen-bond acceptors (Lipinski definition) is 4. The smallest absolute Gasteiger partial charge is 0.263 e. The first-order chi connectivity index (χ1) is 8.06. The van der Waals surface area contributed by atoms with Gasteiger partial charge in [0.2, 0.25) is 0 Å². The third kappa shape index (κ3) is 2.08. The minimum Gasteiger partial charge on any atom is -0.383 e. The van der Waals surface area contributed by atoms with E-state index in [1.807, 2.05) is 13.8 Å². The van der Waals surface area contributed by atoms with Crippen LogP contribution in [0.25, 0.3) is 10.2 Å². The highest BCUT2D eigenvalue weighted by molar-refractivity contribution is 7.71. The molecule has 0 aliphatic carbocycles. The first-order valence-electron chi connectivity index (χ1n) is 5.28. The lowest BCUT2D eigenvalue weighted by Crippen LogP contribution is -2.24. The maximum atomic E-state index is 12.3. The van der Waals surface area contributed by atoms with Gasteiger partial charge in [-0.25, -0.2) is 0 Å². The molecule has 0 unspecified atom stereocenters. The molecule has 0 fully saturated rings. The van der Waals surface area contributed by atoms with Gasteiger partial charge in [0.15, 0.2) is 4.77 Å². The number of methoxy groups -OCH3 is 1. The van der Waals surface area contributed by atoms with Gasteiger partial charge in [0.05, 0.1) is 18.5 Å². The zero-order chi connectivity index (χ0) is 12.6. The molecule has 0 atom stereocenters. The van der Waals surface area contributed by atoms with Gasteiger partial charge in [0.25, 0.3) is 5.56 Å². The second-order valence-corrected chi connectivity index (χ2v) is 5.48. The molecule has 0 bridgehead atoms. The Labute approximate surface area is 108 Å². The van der Waals surface area contributed by atoms with E-state index in [9.17, 15) is 4.79 Å². The summed E-state index contributed by atoms with van der Waals surface area (Å²) in [5.74, 6) is 0. The molecular formula is C11H14N2O2S2. The van der Waals surface area contributed by atoms with Crippen LogP contribution in [-0.4, -0.2) is 23.3 Å². The fourth-order valence-electron chi connectivity index (χ4n) is 1.75. The van der Waals surface area contributed by atoms with Crippen molar-refractivity contribution in [1.82, 2.24) is 9.55 Å². The van der Waals surface area contributed by atoms with Crippen molar-refractivity contribution in [2.24, 2.45) is 0 Å². The van der Waals surface area contributed by atoms with Gasteiger partial charge in [-0.1, -0.05) is 0 Å². The van der Waals surface area contributed by atoms with Crippen molar-refractivity contribution in [3.05, 3.63) is 25.6 Å². The number of aryl methyl sites for hydroxylation is 2.